The molecule has 0 saturated carbocycles. The monoisotopic (exact) mass is 366 g/mol. The van der Waals surface area contributed by atoms with Gasteiger partial charge in [-0.2, -0.15) is 0 Å². The highest BCUT2D eigenvalue weighted by molar-refractivity contribution is 9.10. The van der Waals surface area contributed by atoms with E-state index >= 15 is 0 Å². The van der Waals surface area contributed by atoms with E-state index < -0.39 is 0 Å². The number of piperidine rings is 1. The Hall–Kier alpha value is -0.870. The SMILES string of the molecule is CCCCCNC(=O)C1CCCN(Cc2cccc(Br)c2)C1. The summed E-state index contributed by atoms with van der Waals surface area (Å²) in [7, 11) is 0. The van der Waals surface area contributed by atoms with Crippen molar-refractivity contribution in [1.82, 2.24) is 10.2 Å². The summed E-state index contributed by atoms with van der Waals surface area (Å²) in [5.41, 5.74) is 1.30. The van der Waals surface area contributed by atoms with Gasteiger partial charge in [-0.1, -0.05) is 47.8 Å². The third-order valence-electron chi connectivity index (χ3n) is 4.25. The molecule has 1 aliphatic heterocycles. The Labute approximate surface area is 142 Å². The zero-order chi connectivity index (χ0) is 15.8. The first-order valence-electron chi connectivity index (χ1n) is 8.43. The van der Waals surface area contributed by atoms with Gasteiger partial charge in [0.25, 0.3) is 0 Å². The molecule has 0 aromatic heterocycles. The molecular weight excluding hydrogens is 340 g/mol. The molecule has 1 saturated heterocycles. The zero-order valence-corrected chi connectivity index (χ0v) is 15.1. The molecule has 4 heteroatoms. The molecule has 3 nitrogen and oxygen atoms in total. The van der Waals surface area contributed by atoms with Crippen LogP contribution in [0.1, 0.15) is 44.6 Å². The van der Waals surface area contributed by atoms with Crippen molar-refractivity contribution in [1.29, 1.82) is 0 Å². The van der Waals surface area contributed by atoms with Crippen LogP contribution in [0.4, 0.5) is 0 Å². The van der Waals surface area contributed by atoms with Gasteiger partial charge in [0.2, 0.25) is 5.91 Å². The van der Waals surface area contributed by atoms with Crippen molar-refractivity contribution in [2.45, 2.75) is 45.6 Å². The van der Waals surface area contributed by atoms with Crippen LogP contribution in [0.2, 0.25) is 0 Å². The van der Waals surface area contributed by atoms with Gasteiger partial charge in [0.1, 0.15) is 0 Å². The summed E-state index contributed by atoms with van der Waals surface area (Å²) in [4.78, 5) is 14.7. The van der Waals surface area contributed by atoms with Crippen molar-refractivity contribution < 1.29 is 4.79 Å². The summed E-state index contributed by atoms with van der Waals surface area (Å²) in [6.07, 6.45) is 5.62. The van der Waals surface area contributed by atoms with Crippen molar-refractivity contribution >= 4 is 21.8 Å². The molecule has 1 aliphatic rings. The van der Waals surface area contributed by atoms with Gasteiger partial charge in [0.05, 0.1) is 5.92 Å². The van der Waals surface area contributed by atoms with Crippen LogP contribution in [0.5, 0.6) is 0 Å². The van der Waals surface area contributed by atoms with Crippen molar-refractivity contribution in [3.8, 4) is 0 Å². The molecule has 1 heterocycles. The van der Waals surface area contributed by atoms with Crippen LogP contribution in [0, 0.1) is 5.92 Å². The Kier molecular flexibility index (Phi) is 7.40. The number of hydrogen-bond donors (Lipinski definition) is 1. The van der Waals surface area contributed by atoms with Crippen molar-refractivity contribution in [3.05, 3.63) is 34.3 Å². The summed E-state index contributed by atoms with van der Waals surface area (Å²) in [6, 6.07) is 8.43. The number of amides is 1. The highest BCUT2D eigenvalue weighted by Gasteiger charge is 2.25. The second-order valence-electron chi connectivity index (χ2n) is 6.20. The van der Waals surface area contributed by atoms with Gasteiger partial charge in [-0.05, 0) is 43.5 Å². The lowest BCUT2D eigenvalue weighted by atomic mass is 9.96. The summed E-state index contributed by atoms with van der Waals surface area (Å²) in [5.74, 6) is 0.401. The molecule has 22 heavy (non-hydrogen) atoms. The first-order chi connectivity index (χ1) is 10.7. The predicted octanol–water partition coefficient (Wildman–Crippen LogP) is 3.97. The molecule has 122 valence electrons. The van der Waals surface area contributed by atoms with Crippen LogP contribution < -0.4 is 5.32 Å². The first kappa shape index (κ1) is 17.5. The molecule has 1 aromatic rings. The van der Waals surface area contributed by atoms with E-state index in [0.717, 1.165) is 49.9 Å². The minimum atomic E-state index is 0.155. The lowest BCUT2D eigenvalue weighted by Crippen LogP contribution is -2.42. The lowest BCUT2D eigenvalue weighted by Gasteiger charge is -2.32. The largest absolute Gasteiger partial charge is 0.356 e. The van der Waals surface area contributed by atoms with Gasteiger partial charge in [0, 0.05) is 24.1 Å². The van der Waals surface area contributed by atoms with Crippen LogP contribution in [-0.2, 0) is 11.3 Å². The molecule has 0 radical (unpaired) electrons. The fraction of sp³-hybridized carbons (Fsp3) is 0.611. The number of benzene rings is 1. The van der Waals surface area contributed by atoms with Crippen molar-refractivity contribution in [2.75, 3.05) is 19.6 Å². The number of nitrogens with zero attached hydrogens (tertiary/aromatic N) is 1. The highest BCUT2D eigenvalue weighted by Crippen LogP contribution is 2.20. The maximum Gasteiger partial charge on any atom is 0.224 e. The van der Waals surface area contributed by atoms with Crippen molar-refractivity contribution in [3.63, 3.8) is 0 Å². The maximum absolute atomic E-state index is 12.3. The first-order valence-corrected chi connectivity index (χ1v) is 9.23. The van der Waals surface area contributed by atoms with Gasteiger partial charge in [-0.25, -0.2) is 0 Å². The number of likely N-dealkylation sites (tertiary alicyclic amines) is 1. The van der Waals surface area contributed by atoms with Gasteiger partial charge in [-0.3, -0.25) is 9.69 Å². The highest BCUT2D eigenvalue weighted by atomic mass is 79.9. The third kappa shape index (κ3) is 5.73. The van der Waals surface area contributed by atoms with Crippen LogP contribution in [0.15, 0.2) is 28.7 Å². The normalized spacial score (nSPS) is 19.1. The minimum Gasteiger partial charge on any atom is -0.356 e. The Morgan fingerprint density at radius 3 is 3.05 bits per heavy atom. The zero-order valence-electron chi connectivity index (χ0n) is 13.5. The molecule has 0 spiro atoms. The molecule has 0 aliphatic carbocycles. The third-order valence-corrected chi connectivity index (χ3v) is 4.74. The number of rotatable bonds is 7. The summed E-state index contributed by atoms with van der Waals surface area (Å²) in [5, 5.41) is 3.11. The van der Waals surface area contributed by atoms with E-state index in [2.05, 4.69) is 51.3 Å². The molecule has 1 unspecified atom stereocenters. The molecule has 1 fully saturated rings. The maximum atomic E-state index is 12.3. The summed E-state index contributed by atoms with van der Waals surface area (Å²) in [6.45, 7) is 5.91. The van der Waals surface area contributed by atoms with Crippen LogP contribution in [0.25, 0.3) is 0 Å². The fourth-order valence-corrected chi connectivity index (χ4v) is 3.48. The summed E-state index contributed by atoms with van der Waals surface area (Å²) >= 11 is 3.52. The number of nitrogens with one attached hydrogen (secondary N) is 1. The van der Waals surface area contributed by atoms with Crippen LogP contribution in [-0.4, -0.2) is 30.4 Å². The molecular formula is C18H27BrN2O. The van der Waals surface area contributed by atoms with Gasteiger partial charge in [-0.15, -0.1) is 0 Å². The Bertz CT molecular complexity index is 478. The smallest absolute Gasteiger partial charge is 0.224 e. The molecule has 1 amide bonds. The minimum absolute atomic E-state index is 0.155. The Morgan fingerprint density at radius 1 is 1.41 bits per heavy atom. The van der Waals surface area contributed by atoms with E-state index in [-0.39, 0.29) is 11.8 Å². The molecule has 0 bridgehead atoms. The predicted molar refractivity (Wildman–Crippen MR) is 94.7 cm³/mol. The standard InChI is InChI=1S/C18H27BrN2O/c1-2-3-4-10-20-18(22)16-8-6-11-21(14-16)13-15-7-5-9-17(19)12-15/h5,7,9,12,16H,2-4,6,8,10-11,13-14H2,1H3,(H,20,22). The number of unbranched alkanes of at least 4 members (excludes halogenated alkanes) is 2. The molecule has 1 atom stereocenters. The van der Waals surface area contributed by atoms with E-state index in [1.807, 2.05) is 6.07 Å². The number of hydrogen-bond acceptors (Lipinski definition) is 2. The second-order valence-corrected chi connectivity index (χ2v) is 7.12. The quantitative estimate of drug-likeness (QED) is 0.740. The lowest BCUT2D eigenvalue weighted by molar-refractivity contribution is -0.126. The second kappa shape index (κ2) is 9.31. The average Bonchev–Trinajstić information content (AvgIpc) is 2.52. The van der Waals surface area contributed by atoms with Gasteiger partial charge < -0.3 is 5.32 Å². The number of carbonyl (C=O) groups excluding carboxylic acids is 1. The Balaban J connectivity index is 1.79. The number of carbonyl (C=O) groups is 1. The van der Waals surface area contributed by atoms with E-state index in [4.69, 9.17) is 0 Å². The Morgan fingerprint density at radius 2 is 2.27 bits per heavy atom. The van der Waals surface area contributed by atoms with E-state index in [1.54, 1.807) is 0 Å². The fourth-order valence-electron chi connectivity index (χ4n) is 3.04. The van der Waals surface area contributed by atoms with E-state index in [9.17, 15) is 4.79 Å². The average molecular weight is 367 g/mol. The van der Waals surface area contributed by atoms with Crippen molar-refractivity contribution in [2.24, 2.45) is 5.92 Å². The molecule has 2 rings (SSSR count). The van der Waals surface area contributed by atoms with Gasteiger partial charge >= 0.3 is 0 Å². The number of halogens is 1. The molecule has 1 aromatic carbocycles. The van der Waals surface area contributed by atoms with Gasteiger partial charge in [0.15, 0.2) is 0 Å². The molecule has 1 N–H and O–H groups in total. The van der Waals surface area contributed by atoms with E-state index in [0.29, 0.717) is 0 Å². The summed E-state index contributed by atoms with van der Waals surface area (Å²) < 4.78 is 1.12. The topological polar surface area (TPSA) is 32.3 Å². The van der Waals surface area contributed by atoms with Crippen LogP contribution in [0.3, 0.4) is 0 Å². The van der Waals surface area contributed by atoms with Crippen LogP contribution >= 0.6 is 15.9 Å². The van der Waals surface area contributed by atoms with E-state index in [1.165, 1.54) is 18.4 Å².